The number of amides is 2. The normalized spacial score (nSPS) is 19.7. The minimum absolute atomic E-state index is 0.184. The van der Waals surface area contributed by atoms with E-state index in [0.717, 1.165) is 4.90 Å². The number of rotatable bonds is 3. The van der Waals surface area contributed by atoms with Gasteiger partial charge in [-0.15, -0.1) is 0 Å². The molecule has 1 unspecified atom stereocenters. The number of likely N-dealkylation sites (tertiary alicyclic amines) is 1. The minimum Gasteiger partial charge on any atom is -0.358 e. The predicted octanol–water partition coefficient (Wildman–Crippen LogP) is -0.108. The van der Waals surface area contributed by atoms with Crippen LogP contribution in [-0.4, -0.2) is 39.8 Å². The number of H-pyrrole nitrogens is 1. The molecular formula is C12H16N4O3. The van der Waals surface area contributed by atoms with Crippen LogP contribution in [0.15, 0.2) is 10.9 Å². The van der Waals surface area contributed by atoms with Crippen LogP contribution in [0.1, 0.15) is 25.6 Å². The fourth-order valence-electron chi connectivity index (χ4n) is 1.98. The van der Waals surface area contributed by atoms with Crippen molar-refractivity contribution in [2.24, 2.45) is 0 Å². The molecule has 7 heteroatoms. The van der Waals surface area contributed by atoms with Gasteiger partial charge >= 0.3 is 0 Å². The molecule has 2 N–H and O–H groups in total. The number of likely N-dealkylation sites (N-methyl/N-ethyl adjacent to an activating group) is 1. The second-order valence-corrected chi connectivity index (χ2v) is 4.46. The summed E-state index contributed by atoms with van der Waals surface area (Å²) < 4.78 is 0. The summed E-state index contributed by atoms with van der Waals surface area (Å²) >= 11 is 0. The highest BCUT2D eigenvalue weighted by Gasteiger charge is 2.31. The van der Waals surface area contributed by atoms with Crippen molar-refractivity contribution in [2.75, 3.05) is 12.4 Å². The van der Waals surface area contributed by atoms with Gasteiger partial charge < -0.3 is 10.3 Å². The highest BCUT2D eigenvalue weighted by atomic mass is 16.2. The molecule has 1 aromatic rings. The van der Waals surface area contributed by atoms with Gasteiger partial charge in [-0.25, -0.2) is 4.98 Å². The molecule has 0 bridgehead atoms. The van der Waals surface area contributed by atoms with E-state index in [4.69, 9.17) is 0 Å². The van der Waals surface area contributed by atoms with Crippen LogP contribution in [0.2, 0.25) is 0 Å². The maximum absolute atomic E-state index is 11.9. The second kappa shape index (κ2) is 5.21. The lowest BCUT2D eigenvalue weighted by Gasteiger charge is -2.28. The van der Waals surface area contributed by atoms with E-state index < -0.39 is 6.04 Å². The van der Waals surface area contributed by atoms with Crippen LogP contribution in [0.25, 0.3) is 0 Å². The van der Waals surface area contributed by atoms with Gasteiger partial charge in [0.1, 0.15) is 17.7 Å². The number of imide groups is 1. The third kappa shape index (κ3) is 2.81. The summed E-state index contributed by atoms with van der Waals surface area (Å²) in [5, 5.41) is 2.92. The largest absolute Gasteiger partial charge is 0.358 e. The zero-order valence-corrected chi connectivity index (χ0v) is 10.9. The second-order valence-electron chi connectivity index (χ2n) is 4.46. The molecule has 2 amide bonds. The number of anilines is 1. The Kier molecular flexibility index (Phi) is 3.64. The summed E-state index contributed by atoms with van der Waals surface area (Å²) in [5.41, 5.74) is -0.262. The Bertz CT molecular complexity index is 566. The fourth-order valence-corrected chi connectivity index (χ4v) is 1.98. The topological polar surface area (TPSA) is 95.2 Å². The van der Waals surface area contributed by atoms with Crippen LogP contribution in [-0.2, 0) is 16.0 Å². The van der Waals surface area contributed by atoms with Gasteiger partial charge in [0.25, 0.3) is 11.5 Å². The Morgan fingerprint density at radius 2 is 2.21 bits per heavy atom. The average Bonchev–Trinajstić information content (AvgIpc) is 2.39. The van der Waals surface area contributed by atoms with Gasteiger partial charge in [0.2, 0.25) is 5.91 Å². The summed E-state index contributed by atoms with van der Waals surface area (Å²) in [4.78, 5) is 42.6. The monoisotopic (exact) mass is 264 g/mol. The molecule has 19 heavy (non-hydrogen) atoms. The minimum atomic E-state index is -0.512. The number of aromatic nitrogens is 2. The molecule has 7 nitrogen and oxygen atoms in total. The fraction of sp³-hybridized carbons (Fsp3) is 0.500. The lowest BCUT2D eigenvalue weighted by molar-refractivity contribution is -0.146. The van der Waals surface area contributed by atoms with E-state index in [1.807, 2.05) is 6.92 Å². The number of nitrogens with zero attached hydrogens (tertiary/aromatic N) is 2. The Morgan fingerprint density at radius 1 is 1.47 bits per heavy atom. The number of piperidine rings is 1. The number of carbonyl (C=O) groups excluding carboxylic acids is 2. The molecule has 0 aliphatic carbocycles. The Morgan fingerprint density at radius 3 is 2.89 bits per heavy atom. The first-order valence-corrected chi connectivity index (χ1v) is 6.18. The van der Waals surface area contributed by atoms with E-state index in [0.29, 0.717) is 30.9 Å². The molecular weight excluding hydrogens is 248 g/mol. The van der Waals surface area contributed by atoms with E-state index >= 15 is 0 Å². The number of aromatic amines is 1. The molecule has 0 saturated carbocycles. The summed E-state index contributed by atoms with van der Waals surface area (Å²) in [6.07, 6.45) is 1.32. The number of aryl methyl sites for hydroxylation is 1. The van der Waals surface area contributed by atoms with Gasteiger partial charge in [-0.1, -0.05) is 6.92 Å². The van der Waals surface area contributed by atoms with Crippen LogP contribution in [0.4, 0.5) is 5.82 Å². The lowest BCUT2D eigenvalue weighted by Crippen LogP contribution is -2.48. The van der Waals surface area contributed by atoms with Crippen molar-refractivity contribution in [1.82, 2.24) is 14.9 Å². The van der Waals surface area contributed by atoms with E-state index in [2.05, 4.69) is 15.3 Å². The first-order valence-electron chi connectivity index (χ1n) is 6.18. The average molecular weight is 264 g/mol. The first-order chi connectivity index (χ1) is 9.01. The first kappa shape index (κ1) is 13.3. The van der Waals surface area contributed by atoms with E-state index in [-0.39, 0.29) is 17.4 Å². The van der Waals surface area contributed by atoms with Gasteiger partial charge in [-0.3, -0.25) is 19.3 Å². The maximum atomic E-state index is 11.9. The molecule has 2 rings (SSSR count). The maximum Gasteiger partial charge on any atom is 0.252 e. The van der Waals surface area contributed by atoms with Gasteiger partial charge in [0.05, 0.1) is 0 Å². The van der Waals surface area contributed by atoms with Gasteiger partial charge in [0.15, 0.2) is 0 Å². The molecule has 1 aliphatic rings. The molecule has 1 saturated heterocycles. The Labute approximate surface area is 110 Å². The van der Waals surface area contributed by atoms with Crippen LogP contribution in [0, 0.1) is 0 Å². The number of hydrogen-bond donors (Lipinski definition) is 2. The molecule has 0 aromatic carbocycles. The smallest absolute Gasteiger partial charge is 0.252 e. The molecule has 1 fully saturated rings. The van der Waals surface area contributed by atoms with E-state index in [1.54, 1.807) is 0 Å². The summed E-state index contributed by atoms with van der Waals surface area (Å²) in [5.74, 6) is 0.442. The molecule has 1 atom stereocenters. The predicted molar refractivity (Wildman–Crippen MR) is 68.7 cm³/mol. The third-order valence-corrected chi connectivity index (χ3v) is 3.10. The third-order valence-electron chi connectivity index (χ3n) is 3.10. The van der Waals surface area contributed by atoms with Crippen molar-refractivity contribution in [3.8, 4) is 0 Å². The molecule has 2 heterocycles. The standard InChI is InChI=1S/C12H16N4O3/c1-3-8-14-9(6-10(17)15-8)13-7-4-5-11(18)16(2)12(7)19/h6-7H,3-5H2,1-2H3,(H2,13,14,15,17). The number of hydrogen-bond acceptors (Lipinski definition) is 5. The number of carbonyl (C=O) groups is 2. The van der Waals surface area contributed by atoms with Crippen LogP contribution in [0.5, 0.6) is 0 Å². The molecule has 102 valence electrons. The van der Waals surface area contributed by atoms with E-state index in [1.165, 1.54) is 13.1 Å². The Hall–Kier alpha value is -2.18. The van der Waals surface area contributed by atoms with E-state index in [9.17, 15) is 14.4 Å². The van der Waals surface area contributed by atoms with Gasteiger partial charge in [0, 0.05) is 26.0 Å². The molecule has 0 spiro atoms. The van der Waals surface area contributed by atoms with Crippen molar-refractivity contribution < 1.29 is 9.59 Å². The van der Waals surface area contributed by atoms with Gasteiger partial charge in [-0.2, -0.15) is 0 Å². The zero-order valence-electron chi connectivity index (χ0n) is 10.9. The quantitative estimate of drug-likeness (QED) is 0.743. The summed E-state index contributed by atoms with van der Waals surface area (Å²) in [6, 6.07) is 0.796. The molecule has 0 radical (unpaired) electrons. The lowest BCUT2D eigenvalue weighted by atomic mass is 10.0. The SMILES string of the molecule is CCc1nc(NC2CCC(=O)N(C)C2=O)cc(=O)[nH]1. The van der Waals surface area contributed by atoms with Crippen molar-refractivity contribution in [3.63, 3.8) is 0 Å². The summed E-state index contributed by atoms with van der Waals surface area (Å²) in [7, 11) is 1.46. The van der Waals surface area contributed by atoms with Crippen LogP contribution in [0.3, 0.4) is 0 Å². The van der Waals surface area contributed by atoms with Crippen molar-refractivity contribution in [3.05, 3.63) is 22.2 Å². The highest BCUT2D eigenvalue weighted by Crippen LogP contribution is 2.15. The molecule has 1 aliphatic heterocycles. The van der Waals surface area contributed by atoms with Crippen LogP contribution >= 0.6 is 0 Å². The van der Waals surface area contributed by atoms with Crippen molar-refractivity contribution in [2.45, 2.75) is 32.2 Å². The highest BCUT2D eigenvalue weighted by molar-refractivity contribution is 6.01. The number of nitrogens with one attached hydrogen (secondary N) is 2. The zero-order chi connectivity index (χ0) is 14.0. The Balaban J connectivity index is 2.17. The summed E-state index contributed by atoms with van der Waals surface area (Å²) in [6.45, 7) is 1.88. The van der Waals surface area contributed by atoms with Crippen LogP contribution < -0.4 is 10.9 Å². The van der Waals surface area contributed by atoms with Crippen molar-refractivity contribution >= 4 is 17.6 Å². The molecule has 1 aromatic heterocycles. The van der Waals surface area contributed by atoms with Gasteiger partial charge in [-0.05, 0) is 6.42 Å². The van der Waals surface area contributed by atoms with Crippen molar-refractivity contribution in [1.29, 1.82) is 0 Å².